The molecular weight excluding hydrogens is 517 g/mol. The zero-order valence-corrected chi connectivity index (χ0v) is 24.8. The SMILES string of the molecule is C=C/C(=C\C(=C/C)c1cnc2n[nH]c(-c3cc(/C(=C\C=C/C)c4ccc(F)s4)c(C)[nH]3)c2c1)NC(=C)C(C)(C)C. The van der Waals surface area contributed by atoms with Crippen LogP contribution in [0, 0.1) is 17.5 Å². The Morgan fingerprint density at radius 2 is 1.95 bits per heavy atom. The average Bonchev–Trinajstić information content (AvgIpc) is 3.64. The highest BCUT2D eigenvalue weighted by Gasteiger charge is 2.18. The number of nitrogens with zero attached hydrogens (tertiary/aromatic N) is 2. The highest BCUT2D eigenvalue weighted by atomic mass is 32.1. The van der Waals surface area contributed by atoms with Crippen LogP contribution in [0.2, 0.25) is 0 Å². The first-order valence-corrected chi connectivity index (χ1v) is 14.0. The van der Waals surface area contributed by atoms with E-state index in [0.29, 0.717) is 5.65 Å². The van der Waals surface area contributed by atoms with Crippen LogP contribution in [-0.4, -0.2) is 20.2 Å². The molecule has 3 N–H and O–H groups in total. The molecule has 4 heterocycles. The second-order valence-corrected chi connectivity index (χ2v) is 11.6. The smallest absolute Gasteiger partial charge is 0.181 e. The van der Waals surface area contributed by atoms with Crippen molar-refractivity contribution in [1.82, 2.24) is 25.5 Å². The lowest BCUT2D eigenvalue weighted by atomic mass is 9.92. The summed E-state index contributed by atoms with van der Waals surface area (Å²) in [5, 5.41) is 11.7. The van der Waals surface area contributed by atoms with Crippen molar-refractivity contribution in [2.24, 2.45) is 5.41 Å². The number of pyridine rings is 1. The fourth-order valence-corrected chi connectivity index (χ4v) is 4.97. The van der Waals surface area contributed by atoms with Crippen LogP contribution in [0.4, 0.5) is 4.39 Å². The molecule has 0 fully saturated rings. The molecule has 0 saturated carbocycles. The summed E-state index contributed by atoms with van der Waals surface area (Å²) in [5.74, 6) is 0. The predicted octanol–water partition coefficient (Wildman–Crippen LogP) is 9.09. The average molecular weight is 554 g/mol. The molecule has 0 atom stereocenters. The van der Waals surface area contributed by atoms with Crippen molar-refractivity contribution in [3.05, 3.63) is 118 Å². The van der Waals surface area contributed by atoms with Crippen molar-refractivity contribution < 1.29 is 4.39 Å². The van der Waals surface area contributed by atoms with Crippen LogP contribution in [0.25, 0.3) is 33.6 Å². The van der Waals surface area contributed by atoms with Crippen LogP contribution < -0.4 is 5.32 Å². The molecule has 0 aliphatic rings. The molecule has 4 rings (SSSR count). The van der Waals surface area contributed by atoms with Gasteiger partial charge < -0.3 is 10.3 Å². The van der Waals surface area contributed by atoms with E-state index in [0.717, 1.165) is 72.3 Å². The molecule has 206 valence electrons. The third kappa shape index (κ3) is 6.15. The zero-order chi connectivity index (χ0) is 29.0. The molecule has 0 amide bonds. The zero-order valence-electron chi connectivity index (χ0n) is 23.9. The Morgan fingerprint density at radius 1 is 1.18 bits per heavy atom. The molecule has 0 bridgehead atoms. The number of fused-ring (bicyclic) bond motifs is 1. The number of rotatable bonds is 9. The lowest BCUT2D eigenvalue weighted by Crippen LogP contribution is -2.22. The maximum atomic E-state index is 13.9. The highest BCUT2D eigenvalue weighted by molar-refractivity contribution is 7.11. The molecule has 5 nitrogen and oxygen atoms in total. The summed E-state index contributed by atoms with van der Waals surface area (Å²) in [5.41, 5.74) is 8.89. The van der Waals surface area contributed by atoms with Gasteiger partial charge in [-0.2, -0.15) is 9.49 Å². The van der Waals surface area contributed by atoms with Gasteiger partial charge in [0.05, 0.1) is 11.4 Å². The number of aromatic amines is 2. The quantitative estimate of drug-likeness (QED) is 0.181. The number of H-pyrrole nitrogens is 2. The van der Waals surface area contributed by atoms with Crippen molar-refractivity contribution >= 4 is 33.5 Å². The molecule has 7 heteroatoms. The number of hydrogen-bond acceptors (Lipinski definition) is 4. The van der Waals surface area contributed by atoms with E-state index in [1.54, 1.807) is 6.08 Å². The summed E-state index contributed by atoms with van der Waals surface area (Å²) in [4.78, 5) is 9.00. The summed E-state index contributed by atoms with van der Waals surface area (Å²) >= 11 is 1.14. The molecule has 4 aromatic heterocycles. The van der Waals surface area contributed by atoms with Crippen molar-refractivity contribution in [2.75, 3.05) is 0 Å². The Hall–Kier alpha value is -4.23. The molecule has 0 spiro atoms. The number of nitrogens with one attached hydrogen (secondary N) is 3. The van der Waals surface area contributed by atoms with Gasteiger partial charge in [-0.1, -0.05) is 58.2 Å². The van der Waals surface area contributed by atoms with Gasteiger partial charge in [0.15, 0.2) is 10.8 Å². The fourth-order valence-electron chi connectivity index (χ4n) is 4.20. The number of allylic oxidation sites excluding steroid dienone is 8. The molecule has 4 aromatic rings. The van der Waals surface area contributed by atoms with E-state index in [1.165, 1.54) is 6.07 Å². The van der Waals surface area contributed by atoms with Crippen molar-refractivity contribution in [3.8, 4) is 11.4 Å². The van der Waals surface area contributed by atoms with Gasteiger partial charge in [-0.25, -0.2) is 4.98 Å². The first-order chi connectivity index (χ1) is 19.0. The number of aryl methyl sites for hydroxylation is 1. The second-order valence-electron chi connectivity index (χ2n) is 10.5. The lowest BCUT2D eigenvalue weighted by molar-refractivity contribution is 0.478. The van der Waals surface area contributed by atoms with E-state index in [4.69, 9.17) is 0 Å². The molecule has 0 unspecified atom stereocenters. The second kappa shape index (κ2) is 11.9. The molecule has 40 heavy (non-hydrogen) atoms. The van der Waals surface area contributed by atoms with Gasteiger partial charge >= 0.3 is 0 Å². The van der Waals surface area contributed by atoms with Crippen LogP contribution in [0.1, 0.15) is 56.3 Å². The minimum absolute atomic E-state index is 0.0864. The van der Waals surface area contributed by atoms with E-state index >= 15 is 0 Å². The van der Waals surface area contributed by atoms with Gasteiger partial charge in [-0.05, 0) is 62.8 Å². The molecule has 0 radical (unpaired) electrons. The molecule has 0 aromatic carbocycles. The first-order valence-electron chi connectivity index (χ1n) is 13.2. The number of aromatic nitrogens is 4. The summed E-state index contributed by atoms with van der Waals surface area (Å²) in [6.45, 7) is 20.5. The molecule has 0 saturated heterocycles. The molecule has 0 aliphatic heterocycles. The Labute approximate surface area is 239 Å². The molecular formula is C33H36FN5S. The number of hydrogen-bond donors (Lipinski definition) is 3. The summed E-state index contributed by atoms with van der Waals surface area (Å²) < 4.78 is 13.9. The van der Waals surface area contributed by atoms with Gasteiger partial charge in [0.2, 0.25) is 0 Å². The van der Waals surface area contributed by atoms with E-state index in [-0.39, 0.29) is 10.5 Å². The first kappa shape index (κ1) is 28.8. The minimum Gasteiger partial charge on any atom is -0.359 e. The number of thiophene rings is 1. The summed E-state index contributed by atoms with van der Waals surface area (Å²) in [6.07, 6.45) is 13.6. The van der Waals surface area contributed by atoms with Gasteiger partial charge in [-0.15, -0.1) is 11.3 Å². The predicted molar refractivity (Wildman–Crippen MR) is 168 cm³/mol. The largest absolute Gasteiger partial charge is 0.359 e. The van der Waals surface area contributed by atoms with E-state index in [9.17, 15) is 4.39 Å². The normalized spacial score (nSPS) is 13.4. The van der Waals surface area contributed by atoms with Gasteiger partial charge in [-0.3, -0.25) is 5.10 Å². The third-order valence-electron chi connectivity index (χ3n) is 6.65. The van der Waals surface area contributed by atoms with Crippen molar-refractivity contribution in [3.63, 3.8) is 0 Å². The fraction of sp³-hybridized carbons (Fsp3) is 0.212. The molecule has 0 aliphatic carbocycles. The van der Waals surface area contributed by atoms with Crippen LogP contribution in [0.15, 0.2) is 91.5 Å². The standard InChI is InChI=1S/C33H36FN5S/c1-9-12-13-25(29-14-15-30(34)40-29)26-18-28(36-20(26)4)31-27-17-23(19-35-32(27)39-38-31)22(10-2)16-24(11-3)37-21(5)33(6,7)8/h9-19,36-37H,3,5H2,1-2,4,6-8H3,(H,35,38,39)/b12-9-,22-10+,24-16+,25-13+. The van der Waals surface area contributed by atoms with Crippen LogP contribution in [-0.2, 0) is 0 Å². The monoisotopic (exact) mass is 553 g/mol. The topological polar surface area (TPSA) is 69.4 Å². The van der Waals surface area contributed by atoms with Crippen molar-refractivity contribution in [1.29, 1.82) is 0 Å². The van der Waals surface area contributed by atoms with E-state index in [2.05, 4.69) is 71.5 Å². The minimum atomic E-state index is -0.209. The van der Waals surface area contributed by atoms with Gasteiger partial charge in [0, 0.05) is 55.7 Å². The van der Waals surface area contributed by atoms with Crippen molar-refractivity contribution in [2.45, 2.75) is 41.5 Å². The third-order valence-corrected chi connectivity index (χ3v) is 7.56. The maximum Gasteiger partial charge on any atom is 0.181 e. The lowest BCUT2D eigenvalue weighted by Gasteiger charge is -2.23. The van der Waals surface area contributed by atoms with E-state index in [1.807, 2.05) is 63.4 Å². The van der Waals surface area contributed by atoms with Gasteiger partial charge in [0.1, 0.15) is 0 Å². The van der Waals surface area contributed by atoms with Gasteiger partial charge in [0.25, 0.3) is 0 Å². The summed E-state index contributed by atoms with van der Waals surface area (Å²) in [6, 6.07) is 7.49. The number of halogens is 1. The van der Waals surface area contributed by atoms with Crippen LogP contribution >= 0.6 is 11.3 Å². The maximum absolute atomic E-state index is 13.9. The Balaban J connectivity index is 1.74. The van der Waals surface area contributed by atoms with Crippen LogP contribution in [0.5, 0.6) is 0 Å². The summed E-state index contributed by atoms with van der Waals surface area (Å²) in [7, 11) is 0. The van der Waals surface area contributed by atoms with E-state index < -0.39 is 0 Å². The highest BCUT2D eigenvalue weighted by Crippen LogP contribution is 2.35. The Morgan fingerprint density at radius 3 is 2.58 bits per heavy atom. The van der Waals surface area contributed by atoms with Crippen LogP contribution in [0.3, 0.4) is 0 Å². The Bertz CT molecular complexity index is 1680. The Kier molecular flexibility index (Phi) is 8.55.